The molecule has 0 aromatic heterocycles. The van der Waals surface area contributed by atoms with Crippen molar-refractivity contribution >= 4 is 11.7 Å². The largest absolute Gasteiger partial charge is 0.508 e. The minimum absolute atomic E-state index is 0.0556. The zero-order valence-electron chi connectivity index (χ0n) is 9.87. The van der Waals surface area contributed by atoms with E-state index in [0.29, 0.717) is 25.9 Å². The van der Waals surface area contributed by atoms with E-state index in [0.717, 1.165) is 0 Å². The Kier molecular flexibility index (Phi) is 3.62. The first-order valence-electron chi connectivity index (χ1n) is 5.88. The molecule has 0 spiro atoms. The summed E-state index contributed by atoms with van der Waals surface area (Å²) in [4.78, 5) is 25.3. The number of phenolic OH excluding ortho intramolecular Hbond substituents is 1. The van der Waals surface area contributed by atoms with E-state index in [1.165, 1.54) is 29.2 Å². The maximum Gasteiger partial charge on any atom is 0.294 e. The normalized spacial score (nSPS) is 16.6. The highest BCUT2D eigenvalue weighted by Crippen LogP contribution is 2.14. The van der Waals surface area contributed by atoms with Gasteiger partial charge in [-0.2, -0.15) is 0 Å². The molecule has 1 amide bonds. The number of likely N-dealkylation sites (tertiary alicyclic amines) is 1. The number of aromatic hydroxyl groups is 1. The molecule has 1 aliphatic heterocycles. The van der Waals surface area contributed by atoms with Gasteiger partial charge in [0.2, 0.25) is 5.78 Å². The van der Waals surface area contributed by atoms with Gasteiger partial charge in [-0.3, -0.25) is 9.59 Å². The molecule has 96 valence electrons. The Morgan fingerprint density at radius 1 is 1.11 bits per heavy atom. The quantitative estimate of drug-likeness (QED) is 0.593. The van der Waals surface area contributed by atoms with Gasteiger partial charge in [-0.25, -0.2) is 0 Å². The topological polar surface area (TPSA) is 77.8 Å². The fraction of sp³-hybridized carbons (Fsp3) is 0.385. The number of aliphatic hydroxyl groups is 1. The standard InChI is InChI=1S/C13H15NO4/c15-10-3-1-9(2-4-10)12(17)13(18)14-7-5-11(16)6-8-14/h1-4,11,15-16H,5-8H2. The van der Waals surface area contributed by atoms with Gasteiger partial charge in [-0.15, -0.1) is 0 Å². The van der Waals surface area contributed by atoms with Crippen LogP contribution in [0, 0.1) is 0 Å². The third kappa shape index (κ3) is 2.68. The third-order valence-corrected chi connectivity index (χ3v) is 3.08. The van der Waals surface area contributed by atoms with Gasteiger partial charge < -0.3 is 15.1 Å². The number of amides is 1. The molecule has 5 nitrogen and oxygen atoms in total. The van der Waals surface area contributed by atoms with Crippen molar-refractivity contribution in [2.45, 2.75) is 18.9 Å². The van der Waals surface area contributed by atoms with Crippen molar-refractivity contribution in [3.63, 3.8) is 0 Å². The first-order chi connectivity index (χ1) is 8.58. The van der Waals surface area contributed by atoms with Gasteiger partial charge in [0.15, 0.2) is 0 Å². The zero-order chi connectivity index (χ0) is 13.1. The molecule has 1 saturated heterocycles. The molecule has 0 saturated carbocycles. The summed E-state index contributed by atoms with van der Waals surface area (Å²) in [6.45, 7) is 0.813. The van der Waals surface area contributed by atoms with Crippen LogP contribution in [0.5, 0.6) is 5.75 Å². The maximum atomic E-state index is 11.9. The molecule has 18 heavy (non-hydrogen) atoms. The predicted molar refractivity (Wildman–Crippen MR) is 64.3 cm³/mol. The Morgan fingerprint density at radius 2 is 1.67 bits per heavy atom. The lowest BCUT2D eigenvalue weighted by Gasteiger charge is -2.28. The van der Waals surface area contributed by atoms with Crippen LogP contribution in [0.1, 0.15) is 23.2 Å². The number of carbonyl (C=O) groups is 2. The fourth-order valence-corrected chi connectivity index (χ4v) is 1.95. The van der Waals surface area contributed by atoms with Crippen LogP contribution in [0.4, 0.5) is 0 Å². The maximum absolute atomic E-state index is 11.9. The van der Waals surface area contributed by atoms with E-state index in [9.17, 15) is 14.7 Å². The van der Waals surface area contributed by atoms with E-state index in [2.05, 4.69) is 0 Å². The number of aliphatic hydroxyl groups excluding tert-OH is 1. The second kappa shape index (κ2) is 5.18. The van der Waals surface area contributed by atoms with Crippen molar-refractivity contribution in [3.8, 4) is 5.75 Å². The molecule has 0 aliphatic carbocycles. The minimum Gasteiger partial charge on any atom is -0.508 e. The monoisotopic (exact) mass is 249 g/mol. The summed E-state index contributed by atoms with van der Waals surface area (Å²) in [6, 6.07) is 5.60. The van der Waals surface area contributed by atoms with E-state index in [1.54, 1.807) is 0 Å². The molecular formula is C13H15NO4. The number of hydrogen-bond donors (Lipinski definition) is 2. The molecular weight excluding hydrogens is 234 g/mol. The van der Waals surface area contributed by atoms with Gasteiger partial charge in [0, 0.05) is 18.7 Å². The van der Waals surface area contributed by atoms with Crippen molar-refractivity contribution in [2.75, 3.05) is 13.1 Å². The average molecular weight is 249 g/mol. The van der Waals surface area contributed by atoms with Gasteiger partial charge in [-0.05, 0) is 37.1 Å². The van der Waals surface area contributed by atoms with E-state index < -0.39 is 11.7 Å². The lowest BCUT2D eigenvalue weighted by molar-refractivity contribution is -0.128. The molecule has 2 N–H and O–H groups in total. The van der Waals surface area contributed by atoms with Gasteiger partial charge >= 0.3 is 0 Å². The van der Waals surface area contributed by atoms with Gasteiger partial charge in [0.25, 0.3) is 5.91 Å². The first kappa shape index (κ1) is 12.6. The number of Topliss-reactive ketones (excluding diaryl/α,β-unsaturated/α-hetero) is 1. The summed E-state index contributed by atoms with van der Waals surface area (Å²) < 4.78 is 0. The smallest absolute Gasteiger partial charge is 0.294 e. The van der Waals surface area contributed by atoms with Crippen LogP contribution in [0.25, 0.3) is 0 Å². The van der Waals surface area contributed by atoms with Crippen LogP contribution < -0.4 is 0 Å². The van der Waals surface area contributed by atoms with Crippen molar-refractivity contribution in [1.82, 2.24) is 4.90 Å². The summed E-state index contributed by atoms with van der Waals surface area (Å²) in [5, 5.41) is 18.5. The highest BCUT2D eigenvalue weighted by molar-refractivity contribution is 6.42. The summed E-state index contributed by atoms with van der Waals surface area (Å²) in [6.07, 6.45) is 0.640. The molecule has 1 aliphatic rings. The molecule has 0 radical (unpaired) electrons. The number of nitrogens with zero attached hydrogens (tertiary/aromatic N) is 1. The Balaban J connectivity index is 2.05. The second-order valence-electron chi connectivity index (χ2n) is 4.40. The van der Waals surface area contributed by atoms with Crippen LogP contribution in [0.15, 0.2) is 24.3 Å². The van der Waals surface area contributed by atoms with Gasteiger partial charge in [-0.1, -0.05) is 0 Å². The Morgan fingerprint density at radius 3 is 2.22 bits per heavy atom. The molecule has 0 bridgehead atoms. The van der Waals surface area contributed by atoms with Crippen LogP contribution in [-0.2, 0) is 4.79 Å². The SMILES string of the molecule is O=C(C(=O)N1CCC(O)CC1)c1ccc(O)cc1. The molecule has 1 heterocycles. The van der Waals surface area contributed by atoms with E-state index in [1.807, 2.05) is 0 Å². The molecule has 0 atom stereocenters. The minimum atomic E-state index is -0.577. The summed E-state index contributed by atoms with van der Waals surface area (Å²) >= 11 is 0. The summed E-state index contributed by atoms with van der Waals surface area (Å²) in [5.41, 5.74) is 0.268. The van der Waals surface area contributed by atoms with Crippen molar-refractivity contribution in [3.05, 3.63) is 29.8 Å². The Hall–Kier alpha value is -1.88. The highest BCUT2D eigenvalue weighted by Gasteiger charge is 2.26. The van der Waals surface area contributed by atoms with E-state index in [4.69, 9.17) is 5.11 Å². The van der Waals surface area contributed by atoms with Crippen LogP contribution in [0.2, 0.25) is 0 Å². The van der Waals surface area contributed by atoms with Crippen LogP contribution in [0.3, 0.4) is 0 Å². The van der Waals surface area contributed by atoms with Crippen LogP contribution >= 0.6 is 0 Å². The summed E-state index contributed by atoms with van der Waals surface area (Å²) in [5.74, 6) is -1.07. The number of carbonyl (C=O) groups excluding carboxylic acids is 2. The first-order valence-corrected chi connectivity index (χ1v) is 5.88. The molecule has 0 unspecified atom stereocenters. The van der Waals surface area contributed by atoms with Crippen molar-refractivity contribution < 1.29 is 19.8 Å². The number of phenols is 1. The zero-order valence-corrected chi connectivity index (χ0v) is 9.87. The van der Waals surface area contributed by atoms with Crippen molar-refractivity contribution in [2.24, 2.45) is 0 Å². The Labute approximate surface area is 105 Å². The molecule has 2 rings (SSSR count). The lowest BCUT2D eigenvalue weighted by Crippen LogP contribution is -2.43. The Bertz CT molecular complexity index is 447. The van der Waals surface area contributed by atoms with Crippen LogP contribution in [-0.4, -0.2) is 46.0 Å². The average Bonchev–Trinajstić information content (AvgIpc) is 2.39. The molecule has 1 fully saturated rings. The fourth-order valence-electron chi connectivity index (χ4n) is 1.95. The van der Waals surface area contributed by atoms with Gasteiger partial charge in [0.1, 0.15) is 5.75 Å². The molecule has 1 aromatic carbocycles. The number of ketones is 1. The lowest BCUT2D eigenvalue weighted by atomic mass is 10.1. The van der Waals surface area contributed by atoms with Gasteiger partial charge in [0.05, 0.1) is 6.10 Å². The van der Waals surface area contributed by atoms with E-state index >= 15 is 0 Å². The van der Waals surface area contributed by atoms with Crippen molar-refractivity contribution in [1.29, 1.82) is 0 Å². The molecule has 1 aromatic rings. The number of rotatable bonds is 2. The summed E-state index contributed by atoms with van der Waals surface area (Å²) in [7, 11) is 0. The number of hydrogen-bond acceptors (Lipinski definition) is 4. The highest BCUT2D eigenvalue weighted by atomic mass is 16.3. The number of piperidine rings is 1. The predicted octanol–water partition coefficient (Wildman–Crippen LogP) is 0.558. The third-order valence-electron chi connectivity index (χ3n) is 3.08. The second-order valence-corrected chi connectivity index (χ2v) is 4.40. The number of benzene rings is 1. The molecule has 5 heteroatoms. The van der Waals surface area contributed by atoms with E-state index in [-0.39, 0.29) is 17.4 Å².